The number of nitrogens with two attached hydrogens (primary N) is 1. The first-order valence-electron chi connectivity index (χ1n) is 3.48. The summed E-state index contributed by atoms with van der Waals surface area (Å²) >= 11 is 0. The summed E-state index contributed by atoms with van der Waals surface area (Å²) in [6.07, 6.45) is 0. The Hall–Kier alpha value is 0.526. The Morgan fingerprint density at radius 3 is 2.36 bits per heavy atom. The molecule has 0 unspecified atom stereocenters. The van der Waals surface area contributed by atoms with Crippen LogP contribution < -0.4 is 62.7 Å². The molecule has 7 heteroatoms. The number of hydrazine groups is 1. The van der Waals surface area contributed by atoms with Gasteiger partial charge in [-0.3, -0.25) is 5.84 Å². The molecule has 0 fully saturated rings. The Labute approximate surface area is 125 Å². The van der Waals surface area contributed by atoms with Crippen molar-refractivity contribution >= 4 is 15.8 Å². The van der Waals surface area contributed by atoms with Gasteiger partial charge < -0.3 is 9.98 Å². The van der Waals surface area contributed by atoms with Gasteiger partial charge in [0.2, 0.25) is 0 Å². The van der Waals surface area contributed by atoms with Gasteiger partial charge in [0, 0.05) is 0 Å². The Morgan fingerprint density at radius 2 is 2.00 bits per heavy atom. The van der Waals surface area contributed by atoms with Gasteiger partial charge in [0.1, 0.15) is 10.1 Å². The van der Waals surface area contributed by atoms with Crippen molar-refractivity contribution < 1.29 is 64.4 Å². The van der Waals surface area contributed by atoms with Gasteiger partial charge in [-0.2, -0.15) is 0 Å². The van der Waals surface area contributed by atoms with Crippen LogP contribution in [0.3, 0.4) is 0 Å². The zero-order valence-electron chi connectivity index (χ0n) is 7.94. The second-order valence-electron chi connectivity index (χ2n) is 2.58. The minimum Gasteiger partial charge on any atom is -0.744 e. The van der Waals surface area contributed by atoms with Crippen LogP contribution in [0.4, 0.5) is 5.69 Å². The van der Waals surface area contributed by atoms with Crippen LogP contribution in [0.2, 0.25) is 0 Å². The van der Waals surface area contributed by atoms with Crippen molar-refractivity contribution in [3.05, 3.63) is 23.8 Å². The van der Waals surface area contributed by atoms with Gasteiger partial charge in [0.15, 0.2) is 0 Å². The predicted molar refractivity (Wildman–Crippen MR) is 47.0 cm³/mol. The van der Waals surface area contributed by atoms with Gasteiger partial charge in [0.25, 0.3) is 0 Å². The Balaban J connectivity index is 0.00000169. The second-order valence-corrected chi connectivity index (χ2v) is 3.95. The summed E-state index contributed by atoms with van der Waals surface area (Å²) in [5.74, 6) is 5.13. The van der Waals surface area contributed by atoms with E-state index in [1.165, 1.54) is 18.2 Å². The number of nitrogen functional groups attached to an aromatic ring is 1. The fourth-order valence-corrected chi connectivity index (χ4v) is 1.51. The third-order valence-electron chi connectivity index (χ3n) is 1.64. The molecule has 0 aliphatic carbocycles. The standard InChI is InChI=1S/C7H10N2O3S.K/c1-5-4-6(13(10,11)12)2-3-7(5)9-8;/h2-4,9H,8H2,1H3,(H,10,11,12);/q;+1/p-1. The molecule has 0 atom stereocenters. The summed E-state index contributed by atoms with van der Waals surface area (Å²) < 4.78 is 31.7. The SMILES string of the molecule is Cc1cc(S(=O)(=O)[O-])ccc1NN.[K+]. The van der Waals surface area contributed by atoms with Crippen molar-refractivity contribution in [2.45, 2.75) is 11.8 Å². The fraction of sp³-hybridized carbons (Fsp3) is 0.143. The first-order valence-corrected chi connectivity index (χ1v) is 4.89. The summed E-state index contributed by atoms with van der Waals surface area (Å²) in [5, 5.41) is 0. The monoisotopic (exact) mass is 240 g/mol. The minimum absolute atomic E-state index is 0. The molecule has 0 heterocycles. The predicted octanol–water partition coefficient (Wildman–Crippen LogP) is -2.81. The Kier molecular flexibility index (Phi) is 5.78. The van der Waals surface area contributed by atoms with E-state index in [9.17, 15) is 13.0 Å². The topological polar surface area (TPSA) is 95.2 Å². The molecule has 0 aromatic heterocycles. The average Bonchev–Trinajstić information content (AvgIpc) is 2.02. The van der Waals surface area contributed by atoms with E-state index >= 15 is 0 Å². The average molecular weight is 240 g/mol. The molecule has 1 aromatic rings. The molecule has 0 spiro atoms. The normalized spacial score (nSPS) is 10.5. The maximum Gasteiger partial charge on any atom is 1.00 e. The van der Waals surface area contributed by atoms with Crippen molar-refractivity contribution in [3.8, 4) is 0 Å². The number of nitrogens with one attached hydrogen (secondary N) is 1. The molecule has 0 saturated carbocycles. The maximum atomic E-state index is 10.6. The van der Waals surface area contributed by atoms with Crippen molar-refractivity contribution in [2.75, 3.05) is 5.43 Å². The van der Waals surface area contributed by atoms with E-state index in [1.54, 1.807) is 6.92 Å². The van der Waals surface area contributed by atoms with Gasteiger partial charge in [0.05, 0.1) is 10.6 Å². The number of hydrogen-bond acceptors (Lipinski definition) is 5. The Morgan fingerprint density at radius 1 is 1.43 bits per heavy atom. The van der Waals surface area contributed by atoms with Gasteiger partial charge in [-0.1, -0.05) is 0 Å². The first-order chi connectivity index (χ1) is 5.95. The first kappa shape index (κ1) is 14.5. The molecule has 3 N–H and O–H groups in total. The van der Waals surface area contributed by atoms with Crippen LogP contribution in [0.5, 0.6) is 0 Å². The van der Waals surface area contributed by atoms with Crippen LogP contribution in [0.25, 0.3) is 0 Å². The summed E-state index contributed by atoms with van der Waals surface area (Å²) in [6, 6.07) is 3.93. The minimum atomic E-state index is -4.37. The zero-order chi connectivity index (χ0) is 10.1. The summed E-state index contributed by atoms with van der Waals surface area (Å²) in [4.78, 5) is -0.246. The largest absolute Gasteiger partial charge is 1.00 e. The molecule has 0 saturated heterocycles. The maximum absolute atomic E-state index is 10.6. The molecule has 0 amide bonds. The summed E-state index contributed by atoms with van der Waals surface area (Å²) in [5.41, 5.74) is 3.58. The molecule has 5 nitrogen and oxygen atoms in total. The molecule has 72 valence electrons. The molecule has 0 bridgehead atoms. The smallest absolute Gasteiger partial charge is 0.744 e. The van der Waals surface area contributed by atoms with E-state index in [2.05, 4.69) is 5.43 Å². The molecule has 1 rings (SSSR count). The fourth-order valence-electron chi connectivity index (χ4n) is 0.954. The van der Waals surface area contributed by atoms with Crippen molar-refractivity contribution in [1.29, 1.82) is 0 Å². The number of anilines is 1. The number of aryl methyl sites for hydroxylation is 1. The molecular weight excluding hydrogens is 231 g/mol. The molecule has 14 heavy (non-hydrogen) atoms. The van der Waals surface area contributed by atoms with Crippen molar-refractivity contribution in [1.82, 2.24) is 0 Å². The second kappa shape index (κ2) is 5.57. The van der Waals surface area contributed by atoms with E-state index < -0.39 is 10.1 Å². The van der Waals surface area contributed by atoms with E-state index in [1.807, 2.05) is 0 Å². The van der Waals surface area contributed by atoms with Crippen molar-refractivity contribution in [3.63, 3.8) is 0 Å². The van der Waals surface area contributed by atoms with Crippen LogP contribution in [-0.4, -0.2) is 13.0 Å². The van der Waals surface area contributed by atoms with E-state index in [0.717, 1.165) is 0 Å². The molecule has 0 aliphatic rings. The van der Waals surface area contributed by atoms with Gasteiger partial charge in [-0.05, 0) is 30.7 Å². The molecule has 0 aliphatic heterocycles. The van der Waals surface area contributed by atoms with Crippen molar-refractivity contribution in [2.24, 2.45) is 5.84 Å². The number of rotatable bonds is 2. The Bertz CT molecular complexity index is 419. The quantitative estimate of drug-likeness (QED) is 0.252. The van der Waals surface area contributed by atoms with Gasteiger partial charge >= 0.3 is 51.4 Å². The molecular formula is C7H9KN2O3S. The summed E-state index contributed by atoms with van der Waals surface area (Å²) in [7, 11) is -4.37. The van der Waals surface area contributed by atoms with Crippen LogP contribution in [0, 0.1) is 6.92 Å². The number of benzene rings is 1. The third-order valence-corrected chi connectivity index (χ3v) is 2.47. The molecule has 1 aromatic carbocycles. The third kappa shape index (κ3) is 3.59. The van der Waals surface area contributed by atoms with E-state index in [-0.39, 0.29) is 56.3 Å². The van der Waals surface area contributed by atoms with Crippen LogP contribution in [-0.2, 0) is 10.1 Å². The zero-order valence-corrected chi connectivity index (χ0v) is 11.9. The van der Waals surface area contributed by atoms with Crippen LogP contribution in [0.15, 0.2) is 23.1 Å². The van der Waals surface area contributed by atoms with E-state index in [4.69, 9.17) is 5.84 Å². The van der Waals surface area contributed by atoms with Gasteiger partial charge in [-0.25, -0.2) is 8.42 Å². The number of hydrogen-bond donors (Lipinski definition) is 2. The van der Waals surface area contributed by atoms with Gasteiger partial charge in [-0.15, -0.1) is 0 Å². The molecule has 0 radical (unpaired) electrons. The van der Waals surface area contributed by atoms with Crippen LogP contribution >= 0.6 is 0 Å². The van der Waals surface area contributed by atoms with E-state index in [0.29, 0.717) is 11.3 Å². The summed E-state index contributed by atoms with van der Waals surface area (Å²) in [6.45, 7) is 1.66. The van der Waals surface area contributed by atoms with Crippen LogP contribution in [0.1, 0.15) is 5.56 Å².